The number of pyridine rings is 1. The van der Waals surface area contributed by atoms with Crippen molar-refractivity contribution >= 4 is 16.9 Å². The highest BCUT2D eigenvalue weighted by molar-refractivity contribution is 5.88. The van der Waals surface area contributed by atoms with Crippen molar-refractivity contribution in [3.63, 3.8) is 0 Å². The zero-order chi connectivity index (χ0) is 13.9. The van der Waals surface area contributed by atoms with Crippen molar-refractivity contribution in [1.82, 2.24) is 4.98 Å². The van der Waals surface area contributed by atoms with Gasteiger partial charge in [0.2, 0.25) is 0 Å². The van der Waals surface area contributed by atoms with Crippen LogP contribution >= 0.6 is 0 Å². The number of ether oxygens (including phenoxy) is 1. The van der Waals surface area contributed by atoms with Crippen LogP contribution in [-0.2, 0) is 0 Å². The third-order valence-electron chi connectivity index (χ3n) is 2.91. The molecule has 20 heavy (non-hydrogen) atoms. The third-order valence-corrected chi connectivity index (χ3v) is 2.91. The van der Waals surface area contributed by atoms with E-state index in [-0.39, 0.29) is 5.56 Å². The first-order valence-electron chi connectivity index (χ1n) is 6.09. The molecule has 0 fully saturated rings. The molecule has 0 atom stereocenters. The monoisotopic (exact) mass is 265 g/mol. The minimum atomic E-state index is -0.977. The molecule has 0 saturated heterocycles. The second-order valence-electron chi connectivity index (χ2n) is 4.26. The van der Waals surface area contributed by atoms with Gasteiger partial charge in [0.25, 0.3) is 0 Å². The van der Waals surface area contributed by atoms with Crippen LogP contribution in [0.5, 0.6) is 11.5 Å². The van der Waals surface area contributed by atoms with Gasteiger partial charge >= 0.3 is 5.97 Å². The summed E-state index contributed by atoms with van der Waals surface area (Å²) in [6.07, 6.45) is 1.72. The Balaban J connectivity index is 2.01. The van der Waals surface area contributed by atoms with E-state index in [0.717, 1.165) is 10.9 Å². The first kappa shape index (κ1) is 12.2. The highest BCUT2D eigenvalue weighted by Gasteiger charge is 2.07. The van der Waals surface area contributed by atoms with E-state index in [4.69, 9.17) is 9.84 Å². The Labute approximate surface area is 115 Å². The predicted octanol–water partition coefficient (Wildman–Crippen LogP) is 3.73. The Morgan fingerprint density at radius 3 is 2.75 bits per heavy atom. The number of rotatable bonds is 3. The van der Waals surface area contributed by atoms with E-state index in [1.54, 1.807) is 18.3 Å². The summed E-state index contributed by atoms with van der Waals surface area (Å²) < 4.78 is 5.78. The van der Waals surface area contributed by atoms with E-state index in [2.05, 4.69) is 4.98 Å². The second-order valence-corrected chi connectivity index (χ2v) is 4.26. The summed E-state index contributed by atoms with van der Waals surface area (Å²) in [5.41, 5.74) is 1.03. The number of hydrogen-bond acceptors (Lipinski definition) is 3. The Kier molecular flexibility index (Phi) is 3.05. The van der Waals surface area contributed by atoms with Gasteiger partial charge in [0.05, 0.1) is 11.1 Å². The molecule has 2 aromatic carbocycles. The number of carbonyl (C=O) groups is 1. The first-order chi connectivity index (χ1) is 9.74. The molecule has 1 aromatic heterocycles. The number of carboxylic acids is 1. The normalized spacial score (nSPS) is 10.4. The van der Waals surface area contributed by atoms with Crippen LogP contribution in [0.2, 0.25) is 0 Å². The van der Waals surface area contributed by atoms with Crippen LogP contribution in [0.3, 0.4) is 0 Å². The van der Waals surface area contributed by atoms with Gasteiger partial charge < -0.3 is 9.84 Å². The molecule has 4 heteroatoms. The quantitative estimate of drug-likeness (QED) is 0.784. The lowest BCUT2D eigenvalue weighted by Crippen LogP contribution is -1.96. The fraction of sp³-hybridized carbons (Fsp3) is 0. The summed E-state index contributed by atoms with van der Waals surface area (Å²) in [5, 5.41) is 9.87. The molecule has 4 nitrogen and oxygen atoms in total. The second kappa shape index (κ2) is 5.01. The zero-order valence-corrected chi connectivity index (χ0v) is 10.5. The minimum Gasteiger partial charge on any atom is -0.478 e. The van der Waals surface area contributed by atoms with Crippen LogP contribution in [0.4, 0.5) is 0 Å². The van der Waals surface area contributed by atoms with Gasteiger partial charge in [0, 0.05) is 11.6 Å². The van der Waals surface area contributed by atoms with Crippen LogP contribution in [0.25, 0.3) is 10.9 Å². The highest BCUT2D eigenvalue weighted by Crippen LogP contribution is 2.29. The van der Waals surface area contributed by atoms with E-state index in [0.29, 0.717) is 11.5 Å². The minimum absolute atomic E-state index is 0.195. The van der Waals surface area contributed by atoms with Gasteiger partial charge in [-0.1, -0.05) is 12.1 Å². The molecule has 1 N–H and O–H groups in total. The van der Waals surface area contributed by atoms with Crippen molar-refractivity contribution in [2.45, 2.75) is 0 Å². The van der Waals surface area contributed by atoms with Crippen LogP contribution in [0.1, 0.15) is 10.4 Å². The number of aromatic nitrogens is 1. The molecule has 0 aliphatic carbocycles. The summed E-state index contributed by atoms with van der Waals surface area (Å²) in [4.78, 5) is 15.2. The highest BCUT2D eigenvalue weighted by atomic mass is 16.5. The van der Waals surface area contributed by atoms with Crippen LogP contribution in [0.15, 0.2) is 60.8 Å². The summed E-state index contributed by atoms with van der Waals surface area (Å²) in [7, 11) is 0. The van der Waals surface area contributed by atoms with Crippen molar-refractivity contribution in [2.24, 2.45) is 0 Å². The maximum absolute atomic E-state index is 11.0. The van der Waals surface area contributed by atoms with E-state index in [9.17, 15) is 4.79 Å². The molecular weight excluding hydrogens is 254 g/mol. The molecule has 98 valence electrons. The predicted molar refractivity (Wildman–Crippen MR) is 75.2 cm³/mol. The van der Waals surface area contributed by atoms with Crippen molar-refractivity contribution in [3.8, 4) is 11.5 Å². The first-order valence-corrected chi connectivity index (χ1v) is 6.09. The van der Waals surface area contributed by atoms with Crippen LogP contribution < -0.4 is 4.74 Å². The largest absolute Gasteiger partial charge is 0.478 e. The molecule has 1 heterocycles. The standard InChI is InChI=1S/C16H11NO3/c18-16(19)11-4-1-5-12(10-11)20-15-8-2-7-14-13(15)6-3-9-17-14/h1-10H,(H,18,19). The molecule has 0 saturated carbocycles. The van der Waals surface area contributed by atoms with Crippen LogP contribution in [0, 0.1) is 0 Å². The van der Waals surface area contributed by atoms with Crippen molar-refractivity contribution < 1.29 is 14.6 Å². The smallest absolute Gasteiger partial charge is 0.335 e. The lowest BCUT2D eigenvalue weighted by Gasteiger charge is -2.08. The lowest BCUT2D eigenvalue weighted by molar-refractivity contribution is 0.0696. The molecule has 0 unspecified atom stereocenters. The summed E-state index contributed by atoms with van der Waals surface area (Å²) in [6.45, 7) is 0. The summed E-state index contributed by atoms with van der Waals surface area (Å²) in [6, 6.07) is 15.7. The van der Waals surface area contributed by atoms with Gasteiger partial charge in [-0.15, -0.1) is 0 Å². The average Bonchev–Trinajstić information content (AvgIpc) is 2.48. The van der Waals surface area contributed by atoms with Crippen LogP contribution in [-0.4, -0.2) is 16.1 Å². The fourth-order valence-electron chi connectivity index (χ4n) is 1.98. The molecule has 0 aliphatic rings. The Morgan fingerprint density at radius 1 is 1.05 bits per heavy atom. The summed E-state index contributed by atoms with van der Waals surface area (Å²) in [5.74, 6) is 0.162. The van der Waals surface area contributed by atoms with Gasteiger partial charge in [-0.3, -0.25) is 4.98 Å². The van der Waals surface area contributed by atoms with Gasteiger partial charge in [0.1, 0.15) is 11.5 Å². The van der Waals surface area contributed by atoms with E-state index in [1.165, 1.54) is 12.1 Å². The van der Waals surface area contributed by atoms with Gasteiger partial charge in [-0.25, -0.2) is 4.79 Å². The zero-order valence-electron chi connectivity index (χ0n) is 10.5. The number of hydrogen-bond donors (Lipinski definition) is 1. The number of carboxylic acid groups (broad SMARTS) is 1. The van der Waals surface area contributed by atoms with Gasteiger partial charge in [0.15, 0.2) is 0 Å². The molecule has 3 rings (SSSR count). The Bertz CT molecular complexity index is 778. The number of fused-ring (bicyclic) bond motifs is 1. The topological polar surface area (TPSA) is 59.4 Å². The van der Waals surface area contributed by atoms with E-state index in [1.807, 2.05) is 30.3 Å². The molecule has 0 aliphatic heterocycles. The van der Waals surface area contributed by atoms with Crippen molar-refractivity contribution in [3.05, 3.63) is 66.4 Å². The SMILES string of the molecule is O=C(O)c1cccc(Oc2cccc3ncccc23)c1. The van der Waals surface area contributed by atoms with E-state index >= 15 is 0 Å². The molecule has 0 bridgehead atoms. The molecule has 0 radical (unpaired) electrons. The number of aromatic carboxylic acids is 1. The van der Waals surface area contributed by atoms with Crippen molar-refractivity contribution in [1.29, 1.82) is 0 Å². The number of nitrogens with zero attached hydrogens (tertiary/aromatic N) is 1. The third kappa shape index (κ3) is 2.31. The fourth-order valence-corrected chi connectivity index (χ4v) is 1.98. The van der Waals surface area contributed by atoms with Gasteiger partial charge in [-0.05, 0) is 42.5 Å². The average molecular weight is 265 g/mol. The van der Waals surface area contributed by atoms with Crippen molar-refractivity contribution in [2.75, 3.05) is 0 Å². The molecule has 0 amide bonds. The summed E-state index contributed by atoms with van der Waals surface area (Å²) >= 11 is 0. The lowest BCUT2D eigenvalue weighted by atomic mass is 10.2. The molecule has 0 spiro atoms. The van der Waals surface area contributed by atoms with Gasteiger partial charge in [-0.2, -0.15) is 0 Å². The maximum Gasteiger partial charge on any atom is 0.335 e. The Morgan fingerprint density at radius 2 is 1.90 bits per heavy atom. The number of benzene rings is 2. The Hall–Kier alpha value is -2.88. The molecule has 3 aromatic rings. The molecular formula is C16H11NO3. The maximum atomic E-state index is 11.0. The van der Waals surface area contributed by atoms with E-state index < -0.39 is 5.97 Å².